The second kappa shape index (κ2) is 6.06. The van der Waals surface area contributed by atoms with Crippen LogP contribution in [0.15, 0.2) is 18.3 Å². The number of nitrogen functional groups attached to an aromatic ring is 1. The zero-order valence-corrected chi connectivity index (χ0v) is 12.5. The van der Waals surface area contributed by atoms with Gasteiger partial charge < -0.3 is 11.1 Å². The van der Waals surface area contributed by atoms with E-state index < -0.39 is 10.8 Å². The number of nitro groups is 1. The second-order valence-electron chi connectivity index (χ2n) is 4.18. The Morgan fingerprint density at radius 2 is 2.29 bits per heavy atom. The molecule has 2 rings (SSSR count). The van der Waals surface area contributed by atoms with Gasteiger partial charge in [-0.2, -0.15) is 0 Å². The molecule has 0 saturated carbocycles. The fourth-order valence-corrected chi connectivity index (χ4v) is 2.59. The molecule has 7 nitrogen and oxygen atoms in total. The molecule has 2 aromatic rings. The van der Waals surface area contributed by atoms with Gasteiger partial charge in [-0.1, -0.05) is 11.6 Å². The van der Waals surface area contributed by atoms with E-state index in [0.717, 1.165) is 16.0 Å². The number of nitro benzene ring substituents is 1. The van der Waals surface area contributed by atoms with Crippen molar-refractivity contribution < 1.29 is 9.72 Å². The summed E-state index contributed by atoms with van der Waals surface area (Å²) >= 11 is 7.27. The topological polar surface area (TPSA) is 111 Å². The summed E-state index contributed by atoms with van der Waals surface area (Å²) in [4.78, 5) is 27.2. The number of aryl methyl sites for hydroxylation is 1. The first kappa shape index (κ1) is 15.2. The van der Waals surface area contributed by atoms with Crippen molar-refractivity contribution in [1.82, 2.24) is 10.3 Å². The summed E-state index contributed by atoms with van der Waals surface area (Å²) in [6, 6.07) is 2.41. The number of rotatable bonds is 4. The van der Waals surface area contributed by atoms with Crippen molar-refractivity contribution in [2.45, 2.75) is 13.5 Å². The third-order valence-electron chi connectivity index (χ3n) is 2.66. The number of nitrogens with two attached hydrogens (primary N) is 1. The number of benzene rings is 1. The normalized spacial score (nSPS) is 10.4. The molecule has 0 spiro atoms. The Balaban J connectivity index is 2.17. The summed E-state index contributed by atoms with van der Waals surface area (Å²) in [6.45, 7) is 2.15. The minimum atomic E-state index is -0.676. The van der Waals surface area contributed by atoms with Gasteiger partial charge in [-0.3, -0.25) is 14.9 Å². The van der Waals surface area contributed by atoms with Gasteiger partial charge in [0.05, 0.1) is 21.5 Å². The largest absolute Gasteiger partial charge is 0.392 e. The molecule has 0 aliphatic heterocycles. The van der Waals surface area contributed by atoms with Crippen molar-refractivity contribution in [2.75, 3.05) is 5.73 Å². The highest BCUT2D eigenvalue weighted by molar-refractivity contribution is 7.11. The molecule has 9 heteroatoms. The third-order valence-corrected chi connectivity index (χ3v) is 3.88. The fourth-order valence-electron chi connectivity index (χ4n) is 1.64. The van der Waals surface area contributed by atoms with Gasteiger partial charge in [0.1, 0.15) is 5.69 Å². The molecule has 1 heterocycles. The van der Waals surface area contributed by atoms with Crippen LogP contribution in [0.4, 0.5) is 11.4 Å². The number of hydrogen-bond donors (Lipinski definition) is 2. The van der Waals surface area contributed by atoms with Crippen LogP contribution in [-0.2, 0) is 6.54 Å². The Bertz CT molecular complexity index is 717. The zero-order valence-electron chi connectivity index (χ0n) is 10.9. The zero-order chi connectivity index (χ0) is 15.6. The predicted octanol–water partition coefficient (Wildman–Crippen LogP) is 2.53. The van der Waals surface area contributed by atoms with Crippen molar-refractivity contribution >= 4 is 40.2 Å². The number of thiazole rings is 1. The lowest BCUT2D eigenvalue weighted by Crippen LogP contribution is -2.22. The highest BCUT2D eigenvalue weighted by atomic mass is 35.5. The first-order valence-electron chi connectivity index (χ1n) is 5.81. The molecule has 0 radical (unpaired) electrons. The van der Waals surface area contributed by atoms with Gasteiger partial charge in [0.2, 0.25) is 0 Å². The van der Waals surface area contributed by atoms with Crippen LogP contribution in [0.5, 0.6) is 0 Å². The van der Waals surface area contributed by atoms with Crippen molar-refractivity contribution in [2.24, 2.45) is 0 Å². The first-order chi connectivity index (χ1) is 9.88. The highest BCUT2D eigenvalue weighted by Crippen LogP contribution is 2.30. The molecule has 1 aromatic carbocycles. The number of carbonyl (C=O) groups excluding carboxylic acids is 1. The summed E-state index contributed by atoms with van der Waals surface area (Å²) in [5.41, 5.74) is 5.05. The van der Waals surface area contributed by atoms with Crippen LogP contribution >= 0.6 is 22.9 Å². The Kier molecular flexibility index (Phi) is 4.39. The third kappa shape index (κ3) is 3.47. The van der Waals surface area contributed by atoms with Crippen LogP contribution in [-0.4, -0.2) is 15.8 Å². The lowest BCUT2D eigenvalue weighted by molar-refractivity contribution is -0.383. The van der Waals surface area contributed by atoms with Gasteiger partial charge in [-0.25, -0.2) is 4.98 Å². The molecule has 0 fully saturated rings. The predicted molar refractivity (Wildman–Crippen MR) is 80.5 cm³/mol. The van der Waals surface area contributed by atoms with E-state index >= 15 is 0 Å². The molecule has 0 atom stereocenters. The van der Waals surface area contributed by atoms with Gasteiger partial charge in [0.25, 0.3) is 11.6 Å². The van der Waals surface area contributed by atoms with E-state index in [1.165, 1.54) is 17.4 Å². The lowest BCUT2D eigenvalue weighted by Gasteiger charge is -2.06. The van der Waals surface area contributed by atoms with E-state index in [1.807, 2.05) is 6.92 Å². The molecule has 1 amide bonds. The molecule has 1 aromatic heterocycles. The number of amides is 1. The van der Waals surface area contributed by atoms with Crippen LogP contribution in [0.3, 0.4) is 0 Å². The number of nitrogens with zero attached hydrogens (tertiary/aromatic N) is 2. The average Bonchev–Trinajstić information content (AvgIpc) is 2.84. The van der Waals surface area contributed by atoms with Gasteiger partial charge in [-0.15, -0.1) is 11.3 Å². The van der Waals surface area contributed by atoms with E-state index in [9.17, 15) is 14.9 Å². The summed E-state index contributed by atoms with van der Waals surface area (Å²) in [5, 5.41) is 14.4. The highest BCUT2D eigenvalue weighted by Gasteiger charge is 2.19. The summed E-state index contributed by atoms with van der Waals surface area (Å²) in [7, 11) is 0. The SMILES string of the molecule is Cc1ncc(CNC(=O)c2cc(Cl)c(N)c([N+](=O)[O-])c2)s1. The molecule has 0 bridgehead atoms. The summed E-state index contributed by atoms with van der Waals surface area (Å²) in [5.74, 6) is -0.467. The van der Waals surface area contributed by atoms with Gasteiger partial charge in [-0.05, 0) is 13.0 Å². The number of aromatic nitrogens is 1. The Labute approximate surface area is 128 Å². The maximum atomic E-state index is 12.0. The number of carbonyl (C=O) groups is 1. The Hall–Kier alpha value is -2.19. The molecule has 110 valence electrons. The summed E-state index contributed by atoms with van der Waals surface area (Å²) in [6.07, 6.45) is 1.67. The van der Waals surface area contributed by atoms with E-state index in [2.05, 4.69) is 10.3 Å². The Morgan fingerprint density at radius 1 is 1.57 bits per heavy atom. The standard InChI is InChI=1S/C12H11ClN4O3S/c1-6-15-4-8(21-6)5-16-12(18)7-2-9(13)11(14)10(3-7)17(19)20/h2-4H,5,14H2,1H3,(H,16,18). The van der Waals surface area contributed by atoms with E-state index in [1.54, 1.807) is 6.20 Å². The lowest BCUT2D eigenvalue weighted by atomic mass is 10.1. The quantitative estimate of drug-likeness (QED) is 0.509. The van der Waals surface area contributed by atoms with Gasteiger partial charge in [0, 0.05) is 22.7 Å². The van der Waals surface area contributed by atoms with Crippen molar-refractivity contribution in [3.63, 3.8) is 0 Å². The minimum Gasteiger partial charge on any atom is -0.392 e. The van der Waals surface area contributed by atoms with Crippen LogP contribution < -0.4 is 11.1 Å². The molecule has 0 aliphatic carbocycles. The number of nitrogens with one attached hydrogen (secondary N) is 1. The van der Waals surface area contributed by atoms with Crippen LogP contribution in [0.1, 0.15) is 20.2 Å². The first-order valence-corrected chi connectivity index (χ1v) is 7.01. The average molecular weight is 327 g/mol. The summed E-state index contributed by atoms with van der Waals surface area (Å²) < 4.78 is 0. The molecular formula is C12H11ClN4O3S. The maximum absolute atomic E-state index is 12.0. The van der Waals surface area contributed by atoms with Crippen LogP contribution in [0.2, 0.25) is 5.02 Å². The molecule has 0 aliphatic rings. The van der Waals surface area contributed by atoms with Crippen LogP contribution in [0.25, 0.3) is 0 Å². The number of anilines is 1. The molecule has 21 heavy (non-hydrogen) atoms. The van der Waals surface area contributed by atoms with E-state index in [0.29, 0.717) is 6.54 Å². The van der Waals surface area contributed by atoms with E-state index in [-0.39, 0.29) is 22.0 Å². The van der Waals surface area contributed by atoms with Gasteiger partial charge in [0.15, 0.2) is 0 Å². The van der Waals surface area contributed by atoms with Crippen LogP contribution in [0, 0.1) is 17.0 Å². The molecular weight excluding hydrogens is 316 g/mol. The Morgan fingerprint density at radius 3 is 2.86 bits per heavy atom. The fraction of sp³-hybridized carbons (Fsp3) is 0.167. The second-order valence-corrected chi connectivity index (χ2v) is 5.90. The van der Waals surface area contributed by atoms with Crippen molar-refractivity contribution in [3.8, 4) is 0 Å². The smallest absolute Gasteiger partial charge is 0.294 e. The maximum Gasteiger partial charge on any atom is 0.294 e. The number of halogens is 1. The van der Waals surface area contributed by atoms with Gasteiger partial charge >= 0.3 is 0 Å². The molecule has 3 N–H and O–H groups in total. The molecule has 0 saturated heterocycles. The monoisotopic (exact) mass is 326 g/mol. The van der Waals surface area contributed by atoms with E-state index in [4.69, 9.17) is 17.3 Å². The minimum absolute atomic E-state index is 0.0250. The van der Waals surface area contributed by atoms with Crippen molar-refractivity contribution in [1.29, 1.82) is 0 Å². The number of hydrogen-bond acceptors (Lipinski definition) is 6. The molecule has 0 unspecified atom stereocenters. The van der Waals surface area contributed by atoms with Crippen molar-refractivity contribution in [3.05, 3.63) is 48.9 Å².